The van der Waals surface area contributed by atoms with Crippen molar-refractivity contribution < 1.29 is 9.53 Å². The van der Waals surface area contributed by atoms with Gasteiger partial charge in [-0.15, -0.1) is 10.2 Å². The lowest BCUT2D eigenvalue weighted by molar-refractivity contribution is 0.102. The van der Waals surface area contributed by atoms with Crippen molar-refractivity contribution in [1.29, 1.82) is 0 Å². The molecule has 1 unspecified atom stereocenters. The van der Waals surface area contributed by atoms with Crippen LogP contribution in [0.25, 0.3) is 0 Å². The van der Waals surface area contributed by atoms with E-state index in [0.717, 1.165) is 43.4 Å². The van der Waals surface area contributed by atoms with Gasteiger partial charge in [0.15, 0.2) is 11.5 Å². The number of ether oxygens (including phenoxy) is 1. The predicted molar refractivity (Wildman–Crippen MR) is 110 cm³/mol. The zero-order valence-corrected chi connectivity index (χ0v) is 16.3. The molecule has 1 amide bonds. The lowest BCUT2D eigenvalue weighted by Crippen LogP contribution is -2.36. The predicted octanol–water partition coefficient (Wildman–Crippen LogP) is 2.80. The second-order valence-corrected chi connectivity index (χ2v) is 7.54. The third-order valence-electron chi connectivity index (χ3n) is 5.37. The van der Waals surface area contributed by atoms with E-state index in [1.165, 1.54) is 12.8 Å². The lowest BCUT2D eigenvalue weighted by Gasteiger charge is -2.31. The van der Waals surface area contributed by atoms with Crippen molar-refractivity contribution in [2.75, 3.05) is 54.5 Å². The van der Waals surface area contributed by atoms with Gasteiger partial charge < -0.3 is 19.9 Å². The molecular formula is C21H27N5O2. The minimum atomic E-state index is -0.244. The van der Waals surface area contributed by atoms with Crippen LogP contribution >= 0.6 is 0 Å². The summed E-state index contributed by atoms with van der Waals surface area (Å²) in [6.07, 6.45) is 2.43. The van der Waals surface area contributed by atoms with Gasteiger partial charge in [0.1, 0.15) is 0 Å². The third-order valence-corrected chi connectivity index (χ3v) is 5.37. The lowest BCUT2D eigenvalue weighted by atomic mass is 10.0. The monoisotopic (exact) mass is 381 g/mol. The van der Waals surface area contributed by atoms with Crippen LogP contribution in [0.5, 0.6) is 0 Å². The van der Waals surface area contributed by atoms with Gasteiger partial charge in [0.25, 0.3) is 5.91 Å². The van der Waals surface area contributed by atoms with Crippen molar-refractivity contribution in [2.45, 2.75) is 19.8 Å². The molecule has 1 aromatic heterocycles. The molecule has 2 fully saturated rings. The number of aromatic nitrogens is 2. The third kappa shape index (κ3) is 4.25. The Bertz CT molecular complexity index is 805. The highest BCUT2D eigenvalue weighted by Gasteiger charge is 2.20. The van der Waals surface area contributed by atoms with E-state index in [0.29, 0.717) is 24.8 Å². The molecule has 4 rings (SSSR count). The fourth-order valence-corrected chi connectivity index (χ4v) is 3.86. The van der Waals surface area contributed by atoms with Crippen LogP contribution in [0.4, 0.5) is 17.2 Å². The zero-order chi connectivity index (χ0) is 19.3. The Hall–Kier alpha value is -2.67. The van der Waals surface area contributed by atoms with Gasteiger partial charge in [0.05, 0.1) is 24.6 Å². The summed E-state index contributed by atoms with van der Waals surface area (Å²) in [7, 11) is 0. The SMILES string of the molecule is CC1CCCN(c2ccc(C(=O)Nc3ccccc3N3CCOCC3)nn2)C1. The number of carbonyl (C=O) groups excluding carboxylic acids is 1. The summed E-state index contributed by atoms with van der Waals surface area (Å²) in [5.41, 5.74) is 2.11. The van der Waals surface area contributed by atoms with Crippen LogP contribution in [0.3, 0.4) is 0 Å². The molecule has 0 aliphatic carbocycles. The van der Waals surface area contributed by atoms with Crippen molar-refractivity contribution in [1.82, 2.24) is 10.2 Å². The molecule has 0 radical (unpaired) electrons. The van der Waals surface area contributed by atoms with E-state index >= 15 is 0 Å². The Morgan fingerprint density at radius 3 is 2.64 bits per heavy atom. The number of carbonyl (C=O) groups is 1. The summed E-state index contributed by atoms with van der Waals surface area (Å²) < 4.78 is 5.43. The van der Waals surface area contributed by atoms with Crippen molar-refractivity contribution in [3.8, 4) is 0 Å². The van der Waals surface area contributed by atoms with E-state index in [1.807, 2.05) is 30.3 Å². The normalized spacial score (nSPS) is 20.1. The fraction of sp³-hybridized carbons (Fsp3) is 0.476. The van der Waals surface area contributed by atoms with Crippen molar-refractivity contribution in [3.05, 3.63) is 42.1 Å². The molecule has 1 aromatic carbocycles. The molecule has 2 aliphatic rings. The average molecular weight is 381 g/mol. The van der Waals surface area contributed by atoms with E-state index in [1.54, 1.807) is 6.07 Å². The largest absolute Gasteiger partial charge is 0.378 e. The first-order valence-electron chi connectivity index (χ1n) is 10.0. The quantitative estimate of drug-likeness (QED) is 0.878. The number of hydrogen-bond acceptors (Lipinski definition) is 6. The molecule has 2 aliphatic heterocycles. The Kier molecular flexibility index (Phi) is 5.71. The number of hydrogen-bond donors (Lipinski definition) is 1. The Balaban J connectivity index is 1.45. The highest BCUT2D eigenvalue weighted by Crippen LogP contribution is 2.27. The molecule has 148 valence electrons. The van der Waals surface area contributed by atoms with Crippen LogP contribution in [-0.4, -0.2) is 55.5 Å². The molecule has 28 heavy (non-hydrogen) atoms. The maximum atomic E-state index is 12.7. The van der Waals surface area contributed by atoms with Gasteiger partial charge in [-0.25, -0.2) is 0 Å². The highest BCUT2D eigenvalue weighted by molar-refractivity contribution is 6.04. The first kappa shape index (κ1) is 18.7. The van der Waals surface area contributed by atoms with E-state index in [-0.39, 0.29) is 5.91 Å². The maximum absolute atomic E-state index is 12.7. The standard InChI is InChI=1S/C21H27N5O2/c1-16-5-4-10-26(15-16)20-9-8-18(23-24-20)21(27)22-17-6-2-3-7-19(17)25-11-13-28-14-12-25/h2-3,6-9,16H,4-5,10-15H2,1H3,(H,22,27). The molecule has 2 aromatic rings. The van der Waals surface area contributed by atoms with Crippen LogP contribution < -0.4 is 15.1 Å². The summed E-state index contributed by atoms with van der Waals surface area (Å²) in [6, 6.07) is 11.5. The van der Waals surface area contributed by atoms with Gasteiger partial charge in [-0.3, -0.25) is 4.79 Å². The highest BCUT2D eigenvalue weighted by atomic mass is 16.5. The van der Waals surface area contributed by atoms with Crippen LogP contribution in [0.15, 0.2) is 36.4 Å². The minimum absolute atomic E-state index is 0.244. The summed E-state index contributed by atoms with van der Waals surface area (Å²) in [5, 5.41) is 11.5. The summed E-state index contributed by atoms with van der Waals surface area (Å²) in [6.45, 7) is 7.28. The molecule has 1 atom stereocenters. The van der Waals surface area contributed by atoms with Crippen LogP contribution in [-0.2, 0) is 4.74 Å². The molecule has 0 saturated carbocycles. The molecule has 7 nitrogen and oxygen atoms in total. The minimum Gasteiger partial charge on any atom is -0.378 e. The van der Waals surface area contributed by atoms with Crippen molar-refractivity contribution in [2.24, 2.45) is 5.92 Å². The summed E-state index contributed by atoms with van der Waals surface area (Å²) in [4.78, 5) is 17.2. The van der Waals surface area contributed by atoms with Gasteiger partial charge in [-0.05, 0) is 43.0 Å². The maximum Gasteiger partial charge on any atom is 0.276 e. The van der Waals surface area contributed by atoms with Crippen LogP contribution in [0.1, 0.15) is 30.3 Å². The van der Waals surface area contributed by atoms with Gasteiger partial charge >= 0.3 is 0 Å². The molecule has 2 saturated heterocycles. The molecule has 1 N–H and O–H groups in total. The van der Waals surface area contributed by atoms with Gasteiger partial charge in [0.2, 0.25) is 0 Å². The number of nitrogens with zero attached hydrogens (tertiary/aromatic N) is 4. The summed E-state index contributed by atoms with van der Waals surface area (Å²) >= 11 is 0. The van der Waals surface area contributed by atoms with Gasteiger partial charge in [0, 0.05) is 26.2 Å². The van der Waals surface area contributed by atoms with E-state index in [4.69, 9.17) is 4.74 Å². The Morgan fingerprint density at radius 1 is 1.07 bits per heavy atom. The molecular weight excluding hydrogens is 354 g/mol. The first-order chi connectivity index (χ1) is 13.7. The van der Waals surface area contributed by atoms with Crippen LogP contribution in [0, 0.1) is 5.92 Å². The van der Waals surface area contributed by atoms with Crippen molar-refractivity contribution in [3.63, 3.8) is 0 Å². The van der Waals surface area contributed by atoms with Gasteiger partial charge in [-0.1, -0.05) is 19.1 Å². The topological polar surface area (TPSA) is 70.6 Å². The Morgan fingerprint density at radius 2 is 1.89 bits per heavy atom. The number of rotatable bonds is 4. The number of nitrogens with one attached hydrogen (secondary N) is 1. The molecule has 7 heteroatoms. The number of piperidine rings is 1. The van der Waals surface area contributed by atoms with E-state index < -0.39 is 0 Å². The molecule has 3 heterocycles. The molecule has 0 spiro atoms. The number of amides is 1. The zero-order valence-electron chi connectivity index (χ0n) is 16.3. The number of benzene rings is 1. The van der Waals surface area contributed by atoms with E-state index in [9.17, 15) is 4.79 Å². The second-order valence-electron chi connectivity index (χ2n) is 7.54. The smallest absolute Gasteiger partial charge is 0.276 e. The van der Waals surface area contributed by atoms with E-state index in [2.05, 4.69) is 32.2 Å². The Labute approximate surface area is 165 Å². The number of para-hydroxylation sites is 2. The fourth-order valence-electron chi connectivity index (χ4n) is 3.86. The molecule has 0 bridgehead atoms. The first-order valence-corrected chi connectivity index (χ1v) is 10.0. The summed E-state index contributed by atoms with van der Waals surface area (Å²) in [5.74, 6) is 1.26. The number of morpholine rings is 1. The van der Waals surface area contributed by atoms with Crippen molar-refractivity contribution >= 4 is 23.1 Å². The average Bonchev–Trinajstić information content (AvgIpc) is 2.75. The van der Waals surface area contributed by atoms with Gasteiger partial charge in [-0.2, -0.15) is 0 Å². The number of anilines is 3. The second kappa shape index (κ2) is 8.56. The van der Waals surface area contributed by atoms with Crippen LogP contribution in [0.2, 0.25) is 0 Å².